The Morgan fingerprint density at radius 2 is 1.75 bits per heavy atom. The molecule has 1 fully saturated rings. The maximum absolute atomic E-state index is 15.1. The van der Waals surface area contributed by atoms with Crippen LogP contribution in [0, 0.1) is 17.5 Å². The Labute approximate surface area is 235 Å². The predicted molar refractivity (Wildman–Crippen MR) is 145 cm³/mol. The average Bonchev–Trinajstić information content (AvgIpc) is 3.42. The van der Waals surface area contributed by atoms with Gasteiger partial charge in [-0.05, 0) is 85.8 Å². The van der Waals surface area contributed by atoms with E-state index in [9.17, 15) is 27.1 Å². The van der Waals surface area contributed by atoms with Crippen LogP contribution in [0.25, 0.3) is 0 Å². The molecule has 3 aromatic carbocycles. The molecule has 1 N–H and O–H groups in total. The summed E-state index contributed by atoms with van der Waals surface area (Å²) in [6, 6.07) is 10.2. The van der Waals surface area contributed by atoms with Gasteiger partial charge < -0.3 is 14.7 Å². The van der Waals surface area contributed by atoms with Crippen molar-refractivity contribution in [1.29, 1.82) is 0 Å². The highest BCUT2D eigenvalue weighted by Gasteiger charge is 2.34. The van der Waals surface area contributed by atoms with Crippen LogP contribution in [-0.4, -0.2) is 50.3 Å². The number of carbonyl (C=O) groups is 1. The molecule has 1 saturated heterocycles. The van der Waals surface area contributed by atoms with E-state index in [1.165, 1.54) is 48.2 Å². The third-order valence-electron chi connectivity index (χ3n) is 6.79. The first kappa shape index (κ1) is 29.7. The lowest BCUT2D eigenvalue weighted by molar-refractivity contribution is 0.0697. The monoisotopic (exact) mass is 596 g/mol. The fourth-order valence-corrected chi connectivity index (χ4v) is 6.56. The molecule has 3 aromatic rings. The van der Waals surface area contributed by atoms with E-state index in [0.717, 1.165) is 41.4 Å². The first-order chi connectivity index (χ1) is 19.0. The van der Waals surface area contributed by atoms with Crippen molar-refractivity contribution in [2.24, 2.45) is 0 Å². The topological polar surface area (TPSA) is 87.2 Å². The van der Waals surface area contributed by atoms with Gasteiger partial charge in [0.2, 0.25) is 0 Å². The number of nitrogens with zero attached hydrogens (tertiary/aromatic N) is 2. The molecule has 1 amide bonds. The number of benzene rings is 3. The number of amides is 1. The summed E-state index contributed by atoms with van der Waals surface area (Å²) in [6.45, 7) is 2.14. The lowest BCUT2D eigenvalue weighted by Crippen LogP contribution is -2.38. The second-order valence-electron chi connectivity index (χ2n) is 9.48. The van der Waals surface area contributed by atoms with Gasteiger partial charge >= 0.3 is 6.09 Å². The van der Waals surface area contributed by atoms with Crippen molar-refractivity contribution in [3.8, 4) is 0 Å². The predicted octanol–water partition coefficient (Wildman–Crippen LogP) is 6.42. The second-order valence-corrected chi connectivity index (χ2v) is 11.7. The Morgan fingerprint density at radius 3 is 2.40 bits per heavy atom. The second kappa shape index (κ2) is 12.5. The highest BCUT2D eigenvalue weighted by molar-refractivity contribution is 7.92. The van der Waals surface area contributed by atoms with Crippen LogP contribution >= 0.6 is 11.6 Å². The molecule has 1 aliphatic heterocycles. The van der Waals surface area contributed by atoms with E-state index in [1.54, 1.807) is 0 Å². The molecule has 1 unspecified atom stereocenters. The standard InChI is InChI=1S/C28H28ClF3N2O5S/c1-18(25-10-6-21(30)15-19(25)12-13-33(28(35)36)17-23-3-2-14-39-23)34(27-16-22(31)7-11-26(27)32)40(37,38)24-8-4-20(29)5-9-24/h4-11,15-16,18,23H,2-3,12-14,17H2,1H3,(H,35,36)/t18-,23?/m1/s1. The minimum atomic E-state index is -4.49. The first-order valence-corrected chi connectivity index (χ1v) is 14.4. The van der Waals surface area contributed by atoms with Crippen molar-refractivity contribution < 1.29 is 36.2 Å². The van der Waals surface area contributed by atoms with Crippen LogP contribution in [-0.2, 0) is 21.2 Å². The molecule has 2 atom stereocenters. The minimum absolute atomic E-state index is 0.0172. The zero-order valence-corrected chi connectivity index (χ0v) is 23.1. The van der Waals surface area contributed by atoms with Gasteiger partial charge in [-0.1, -0.05) is 17.7 Å². The first-order valence-electron chi connectivity index (χ1n) is 12.6. The van der Waals surface area contributed by atoms with Crippen molar-refractivity contribution in [1.82, 2.24) is 4.90 Å². The molecule has 4 rings (SSSR count). The summed E-state index contributed by atoms with van der Waals surface area (Å²) in [7, 11) is -4.49. The number of rotatable bonds is 10. The van der Waals surface area contributed by atoms with E-state index >= 15 is 4.39 Å². The van der Waals surface area contributed by atoms with E-state index < -0.39 is 45.3 Å². The number of halogens is 4. The maximum atomic E-state index is 15.1. The van der Waals surface area contributed by atoms with Gasteiger partial charge in [-0.15, -0.1) is 0 Å². The van der Waals surface area contributed by atoms with Crippen molar-refractivity contribution in [3.05, 3.63) is 94.3 Å². The van der Waals surface area contributed by atoms with Gasteiger partial charge in [0.05, 0.1) is 29.3 Å². The van der Waals surface area contributed by atoms with Gasteiger partial charge in [-0.2, -0.15) is 0 Å². The Hall–Kier alpha value is -3.28. The van der Waals surface area contributed by atoms with Gasteiger partial charge in [-0.3, -0.25) is 4.31 Å². The van der Waals surface area contributed by atoms with Crippen LogP contribution in [0.1, 0.15) is 36.9 Å². The molecular weight excluding hydrogens is 569 g/mol. The van der Waals surface area contributed by atoms with Crippen LogP contribution in [0.5, 0.6) is 0 Å². The van der Waals surface area contributed by atoms with Crippen molar-refractivity contribution in [2.45, 2.75) is 43.2 Å². The van der Waals surface area contributed by atoms with Crippen molar-refractivity contribution in [2.75, 3.05) is 24.0 Å². The van der Waals surface area contributed by atoms with E-state index in [0.29, 0.717) is 17.7 Å². The molecule has 0 aromatic heterocycles. The largest absolute Gasteiger partial charge is 0.465 e. The Kier molecular flexibility index (Phi) is 9.27. The van der Waals surface area contributed by atoms with E-state index in [2.05, 4.69) is 0 Å². The Bertz CT molecular complexity index is 1470. The summed E-state index contributed by atoms with van der Waals surface area (Å²) in [5, 5.41) is 9.99. The molecular formula is C28H28ClF3N2O5S. The Balaban J connectivity index is 1.74. The summed E-state index contributed by atoms with van der Waals surface area (Å²) in [5.74, 6) is -2.45. The number of sulfonamides is 1. The van der Waals surface area contributed by atoms with Gasteiger partial charge in [0.15, 0.2) is 0 Å². The normalized spacial score (nSPS) is 16.1. The lowest BCUT2D eigenvalue weighted by atomic mass is 9.98. The molecule has 0 bridgehead atoms. The molecule has 0 spiro atoms. The summed E-state index contributed by atoms with van der Waals surface area (Å²) in [6.07, 6.45) is 0.186. The number of hydrogen-bond donors (Lipinski definition) is 1. The molecule has 7 nitrogen and oxygen atoms in total. The molecule has 12 heteroatoms. The Morgan fingerprint density at radius 1 is 1.07 bits per heavy atom. The summed E-state index contributed by atoms with van der Waals surface area (Å²) in [4.78, 5) is 12.8. The van der Waals surface area contributed by atoms with Crippen LogP contribution in [0.3, 0.4) is 0 Å². The number of anilines is 1. The highest BCUT2D eigenvalue weighted by Crippen LogP contribution is 2.37. The SMILES string of the molecule is C[C@H](c1ccc(F)cc1CCN(CC1CCCO1)C(=O)O)N(c1cc(F)ccc1F)S(=O)(=O)c1ccc(Cl)cc1. The molecule has 0 aliphatic carbocycles. The van der Waals surface area contributed by atoms with Gasteiger partial charge in [-0.25, -0.2) is 26.4 Å². The third kappa shape index (κ3) is 6.71. The van der Waals surface area contributed by atoms with Crippen LogP contribution in [0.15, 0.2) is 65.6 Å². The van der Waals surface area contributed by atoms with E-state index in [1.807, 2.05) is 0 Å². The van der Waals surface area contributed by atoms with Crippen molar-refractivity contribution in [3.63, 3.8) is 0 Å². The molecule has 40 heavy (non-hydrogen) atoms. The maximum Gasteiger partial charge on any atom is 0.407 e. The fourth-order valence-electron chi connectivity index (χ4n) is 4.80. The van der Waals surface area contributed by atoms with Gasteiger partial charge in [0, 0.05) is 24.2 Å². The van der Waals surface area contributed by atoms with Gasteiger partial charge in [0.1, 0.15) is 17.5 Å². The quantitative estimate of drug-likeness (QED) is 0.292. The highest BCUT2D eigenvalue weighted by atomic mass is 35.5. The molecule has 1 aliphatic rings. The van der Waals surface area contributed by atoms with Crippen LogP contribution in [0.4, 0.5) is 23.7 Å². The number of hydrogen-bond acceptors (Lipinski definition) is 4. The van der Waals surface area contributed by atoms with Crippen LogP contribution in [0.2, 0.25) is 5.02 Å². The minimum Gasteiger partial charge on any atom is -0.465 e. The molecule has 0 saturated carbocycles. The van der Waals surface area contributed by atoms with Crippen LogP contribution < -0.4 is 4.31 Å². The molecule has 0 radical (unpaired) electrons. The number of carboxylic acid groups (broad SMARTS) is 1. The fraction of sp³-hybridized carbons (Fsp3) is 0.321. The number of ether oxygens (including phenoxy) is 1. The van der Waals surface area contributed by atoms with Crippen molar-refractivity contribution >= 4 is 33.4 Å². The van der Waals surface area contributed by atoms with Gasteiger partial charge in [0.25, 0.3) is 10.0 Å². The molecule has 1 heterocycles. The smallest absolute Gasteiger partial charge is 0.407 e. The average molecular weight is 597 g/mol. The zero-order valence-electron chi connectivity index (χ0n) is 21.6. The lowest BCUT2D eigenvalue weighted by Gasteiger charge is -2.32. The van der Waals surface area contributed by atoms with E-state index in [4.69, 9.17) is 16.3 Å². The third-order valence-corrected chi connectivity index (χ3v) is 8.94. The summed E-state index contributed by atoms with van der Waals surface area (Å²) < 4.78 is 77.8. The summed E-state index contributed by atoms with van der Waals surface area (Å²) >= 11 is 5.93. The molecule has 214 valence electrons. The van der Waals surface area contributed by atoms with E-state index in [-0.39, 0.29) is 35.5 Å². The summed E-state index contributed by atoms with van der Waals surface area (Å²) in [5.41, 5.74) is 0.0764. The zero-order chi connectivity index (χ0) is 29.0.